The summed E-state index contributed by atoms with van der Waals surface area (Å²) in [4.78, 5) is 12.1. The average Bonchev–Trinajstić information content (AvgIpc) is 2.55. The number of carbonyl (C=O) groups excluding carboxylic acids is 1. The Bertz CT molecular complexity index is 400. The van der Waals surface area contributed by atoms with Crippen molar-refractivity contribution in [3.8, 4) is 0 Å². The smallest absolute Gasteiger partial charge is 0.278 e. The zero-order chi connectivity index (χ0) is 13.0. The monoisotopic (exact) mass is 247 g/mol. The summed E-state index contributed by atoms with van der Waals surface area (Å²) in [6.45, 7) is 1.74. The molecule has 1 aliphatic rings. The molecule has 1 aromatic carbocycles. The predicted octanol–water partition coefficient (Wildman–Crippen LogP) is 1.93. The lowest BCUT2D eigenvalue weighted by molar-refractivity contribution is -0.919. The Labute approximate surface area is 109 Å². The molecule has 1 fully saturated rings. The molecular weight excluding hydrogens is 224 g/mol. The highest BCUT2D eigenvalue weighted by atomic mass is 16.2. The van der Waals surface area contributed by atoms with E-state index in [0.717, 1.165) is 36.8 Å². The molecule has 1 amide bonds. The molecule has 0 saturated carbocycles. The van der Waals surface area contributed by atoms with Gasteiger partial charge in [0.05, 0.1) is 14.1 Å². The van der Waals surface area contributed by atoms with Crippen LogP contribution >= 0.6 is 0 Å². The normalized spacial score (nSPS) is 21.2. The molecule has 1 heterocycles. The number of carbonyl (C=O) groups is 1. The Hall–Kier alpha value is -1.35. The highest BCUT2D eigenvalue weighted by Crippen LogP contribution is 2.20. The minimum atomic E-state index is 0.0766. The molecule has 98 valence electrons. The lowest BCUT2D eigenvalue weighted by atomic mass is 10.1. The van der Waals surface area contributed by atoms with E-state index in [4.69, 9.17) is 0 Å². The van der Waals surface area contributed by atoms with Gasteiger partial charge in [0.2, 0.25) is 0 Å². The Kier molecular flexibility index (Phi) is 4.02. The summed E-state index contributed by atoms with van der Waals surface area (Å²) in [6, 6.07) is 10.5. The molecule has 0 radical (unpaired) electrons. The molecule has 1 saturated heterocycles. The van der Waals surface area contributed by atoms with Gasteiger partial charge in [-0.2, -0.15) is 0 Å². The maximum Gasteiger partial charge on any atom is 0.278 e. The molecule has 3 heteroatoms. The molecule has 1 unspecified atom stereocenters. The second-order valence-corrected chi connectivity index (χ2v) is 5.72. The Morgan fingerprint density at radius 3 is 2.67 bits per heavy atom. The van der Waals surface area contributed by atoms with Crippen LogP contribution in [0.4, 0.5) is 0 Å². The van der Waals surface area contributed by atoms with E-state index in [1.807, 2.05) is 6.07 Å². The van der Waals surface area contributed by atoms with Crippen molar-refractivity contribution in [3.05, 3.63) is 35.9 Å². The van der Waals surface area contributed by atoms with Gasteiger partial charge in [0.25, 0.3) is 5.91 Å². The summed E-state index contributed by atoms with van der Waals surface area (Å²) in [7, 11) is 4.31. The first-order chi connectivity index (χ1) is 8.59. The molecule has 18 heavy (non-hydrogen) atoms. The first-order valence-electron chi connectivity index (χ1n) is 6.74. The number of hydrogen-bond acceptors (Lipinski definition) is 1. The van der Waals surface area contributed by atoms with Crippen molar-refractivity contribution < 1.29 is 9.28 Å². The average molecular weight is 247 g/mol. The molecular formula is C15H23N2O+. The molecule has 2 rings (SSSR count). The molecule has 3 nitrogen and oxygen atoms in total. The van der Waals surface area contributed by atoms with Crippen LogP contribution in [-0.2, 0) is 11.3 Å². The number of likely N-dealkylation sites (N-methyl/N-ethyl adjacent to an activating group) is 1. The third kappa shape index (κ3) is 3.10. The van der Waals surface area contributed by atoms with Crippen molar-refractivity contribution in [2.45, 2.75) is 31.8 Å². The van der Waals surface area contributed by atoms with Crippen LogP contribution in [0.2, 0.25) is 0 Å². The molecule has 1 aromatic rings. The summed E-state index contributed by atoms with van der Waals surface area (Å²) < 4.78 is 0.732. The first kappa shape index (κ1) is 13.1. The predicted molar refractivity (Wildman–Crippen MR) is 72.9 cm³/mol. The lowest BCUT2D eigenvalue weighted by Gasteiger charge is -2.36. The SMILES string of the molecule is C[N+](C)(Cc1ccccc1)C1CCCCNC1=O. The van der Waals surface area contributed by atoms with Crippen LogP contribution in [0.3, 0.4) is 0 Å². The van der Waals surface area contributed by atoms with Gasteiger partial charge in [-0.1, -0.05) is 30.3 Å². The standard InChI is InChI=1S/C15H22N2O/c1-17(2,12-13-8-4-3-5-9-13)14-10-6-7-11-16-15(14)18/h3-5,8-9,14H,6-7,10-12H2,1-2H3/p+1. The van der Waals surface area contributed by atoms with Gasteiger partial charge in [0.1, 0.15) is 6.54 Å². The maximum absolute atomic E-state index is 12.1. The molecule has 1 N–H and O–H groups in total. The molecule has 0 aliphatic carbocycles. The lowest BCUT2D eigenvalue weighted by Crippen LogP contribution is -2.54. The van der Waals surface area contributed by atoms with Crippen molar-refractivity contribution in [2.75, 3.05) is 20.6 Å². The number of nitrogens with zero attached hydrogens (tertiary/aromatic N) is 1. The number of quaternary nitrogens is 1. The van der Waals surface area contributed by atoms with E-state index in [2.05, 4.69) is 43.7 Å². The highest BCUT2D eigenvalue weighted by molar-refractivity contribution is 5.80. The number of hydrogen-bond donors (Lipinski definition) is 1. The van der Waals surface area contributed by atoms with Crippen molar-refractivity contribution in [3.63, 3.8) is 0 Å². The Morgan fingerprint density at radius 2 is 1.94 bits per heavy atom. The number of rotatable bonds is 3. The van der Waals surface area contributed by atoms with E-state index in [9.17, 15) is 4.79 Å². The van der Waals surface area contributed by atoms with Crippen molar-refractivity contribution >= 4 is 5.91 Å². The molecule has 1 aliphatic heterocycles. The topological polar surface area (TPSA) is 29.1 Å². The van der Waals surface area contributed by atoms with Crippen LogP contribution < -0.4 is 5.32 Å². The van der Waals surface area contributed by atoms with Gasteiger partial charge < -0.3 is 9.80 Å². The third-order valence-corrected chi connectivity index (χ3v) is 3.78. The minimum absolute atomic E-state index is 0.0766. The highest BCUT2D eigenvalue weighted by Gasteiger charge is 2.35. The molecule has 1 atom stereocenters. The van der Waals surface area contributed by atoms with Gasteiger partial charge in [-0.05, 0) is 12.8 Å². The van der Waals surface area contributed by atoms with E-state index < -0.39 is 0 Å². The van der Waals surface area contributed by atoms with Gasteiger partial charge in [-0.3, -0.25) is 4.79 Å². The zero-order valence-electron chi connectivity index (χ0n) is 11.4. The maximum atomic E-state index is 12.1. The number of amides is 1. The third-order valence-electron chi connectivity index (χ3n) is 3.78. The quantitative estimate of drug-likeness (QED) is 0.813. The Balaban J connectivity index is 2.11. The number of nitrogens with one attached hydrogen (secondary N) is 1. The van der Waals surface area contributed by atoms with Crippen molar-refractivity contribution in [2.24, 2.45) is 0 Å². The van der Waals surface area contributed by atoms with Crippen LogP contribution in [0.5, 0.6) is 0 Å². The summed E-state index contributed by atoms with van der Waals surface area (Å²) >= 11 is 0. The van der Waals surface area contributed by atoms with Gasteiger partial charge in [-0.15, -0.1) is 0 Å². The van der Waals surface area contributed by atoms with E-state index in [-0.39, 0.29) is 11.9 Å². The minimum Gasteiger partial charge on any atom is -0.351 e. The van der Waals surface area contributed by atoms with Crippen LogP contribution in [0.25, 0.3) is 0 Å². The number of benzene rings is 1. The van der Waals surface area contributed by atoms with Crippen molar-refractivity contribution in [1.29, 1.82) is 0 Å². The van der Waals surface area contributed by atoms with Crippen molar-refractivity contribution in [1.82, 2.24) is 5.32 Å². The second kappa shape index (κ2) is 5.53. The fraction of sp³-hybridized carbons (Fsp3) is 0.533. The van der Waals surface area contributed by atoms with E-state index in [0.29, 0.717) is 0 Å². The molecule has 0 bridgehead atoms. The van der Waals surface area contributed by atoms with Gasteiger partial charge >= 0.3 is 0 Å². The van der Waals surface area contributed by atoms with Crippen LogP contribution in [0, 0.1) is 0 Å². The van der Waals surface area contributed by atoms with E-state index in [1.54, 1.807) is 0 Å². The van der Waals surface area contributed by atoms with E-state index >= 15 is 0 Å². The second-order valence-electron chi connectivity index (χ2n) is 5.72. The summed E-state index contributed by atoms with van der Waals surface area (Å²) in [5.74, 6) is 0.216. The van der Waals surface area contributed by atoms with Gasteiger partial charge in [-0.25, -0.2) is 0 Å². The molecule has 0 aromatic heterocycles. The zero-order valence-corrected chi connectivity index (χ0v) is 11.4. The summed E-state index contributed by atoms with van der Waals surface area (Å²) in [5.41, 5.74) is 1.29. The van der Waals surface area contributed by atoms with E-state index in [1.165, 1.54) is 5.56 Å². The van der Waals surface area contributed by atoms with Gasteiger partial charge in [0.15, 0.2) is 6.04 Å². The Morgan fingerprint density at radius 1 is 1.22 bits per heavy atom. The summed E-state index contributed by atoms with van der Waals surface area (Å²) in [6.07, 6.45) is 3.24. The van der Waals surface area contributed by atoms with Crippen LogP contribution in [0.15, 0.2) is 30.3 Å². The molecule has 0 spiro atoms. The fourth-order valence-electron chi connectivity index (χ4n) is 2.75. The summed E-state index contributed by atoms with van der Waals surface area (Å²) in [5, 5.41) is 3.03. The first-order valence-corrected chi connectivity index (χ1v) is 6.74. The largest absolute Gasteiger partial charge is 0.351 e. The van der Waals surface area contributed by atoms with Crippen LogP contribution in [0.1, 0.15) is 24.8 Å². The van der Waals surface area contributed by atoms with Gasteiger partial charge in [0, 0.05) is 18.5 Å². The van der Waals surface area contributed by atoms with Crippen LogP contribution in [-0.4, -0.2) is 37.1 Å². The fourth-order valence-corrected chi connectivity index (χ4v) is 2.75.